The Morgan fingerprint density at radius 2 is 2.10 bits per heavy atom. The van der Waals surface area contributed by atoms with Crippen LogP contribution < -0.4 is 5.32 Å². The van der Waals surface area contributed by atoms with Crippen LogP contribution >= 0.6 is 0 Å². The summed E-state index contributed by atoms with van der Waals surface area (Å²) in [6.45, 7) is 11.5. The maximum absolute atomic E-state index is 5.12. The average molecular weight is 292 g/mol. The van der Waals surface area contributed by atoms with Crippen molar-refractivity contribution < 1.29 is 4.74 Å². The number of anilines is 1. The third-order valence-corrected chi connectivity index (χ3v) is 4.25. The molecule has 21 heavy (non-hydrogen) atoms. The number of ether oxygens (including phenoxy) is 1. The summed E-state index contributed by atoms with van der Waals surface area (Å²) in [5, 5.41) is 3.52. The predicted octanol–water partition coefficient (Wildman–Crippen LogP) is 2.17. The molecule has 1 aromatic rings. The van der Waals surface area contributed by atoms with Gasteiger partial charge < -0.3 is 15.0 Å². The van der Waals surface area contributed by atoms with E-state index in [4.69, 9.17) is 4.74 Å². The lowest BCUT2D eigenvalue weighted by Crippen LogP contribution is -2.25. The zero-order valence-electron chi connectivity index (χ0n) is 13.8. The molecule has 5 heteroatoms. The lowest BCUT2D eigenvalue weighted by molar-refractivity contribution is 0.178. The number of nitrogens with zero attached hydrogens (tertiary/aromatic N) is 3. The van der Waals surface area contributed by atoms with Gasteiger partial charge in [-0.1, -0.05) is 0 Å². The van der Waals surface area contributed by atoms with E-state index in [9.17, 15) is 0 Å². The van der Waals surface area contributed by atoms with Gasteiger partial charge in [0.15, 0.2) is 0 Å². The van der Waals surface area contributed by atoms with E-state index in [1.165, 1.54) is 19.5 Å². The van der Waals surface area contributed by atoms with E-state index in [-0.39, 0.29) is 0 Å². The van der Waals surface area contributed by atoms with E-state index < -0.39 is 0 Å². The first-order valence-electron chi connectivity index (χ1n) is 7.87. The van der Waals surface area contributed by atoms with Crippen LogP contribution in [0.4, 0.5) is 5.82 Å². The zero-order valence-corrected chi connectivity index (χ0v) is 13.8. The van der Waals surface area contributed by atoms with Crippen LogP contribution in [0.2, 0.25) is 0 Å². The van der Waals surface area contributed by atoms with Crippen LogP contribution in [0.25, 0.3) is 0 Å². The molecule has 2 heterocycles. The minimum atomic E-state index is 0.711. The van der Waals surface area contributed by atoms with Gasteiger partial charge in [0, 0.05) is 44.6 Å². The Morgan fingerprint density at radius 1 is 1.29 bits per heavy atom. The van der Waals surface area contributed by atoms with E-state index in [2.05, 4.69) is 27.1 Å². The molecule has 1 saturated heterocycles. The quantitative estimate of drug-likeness (QED) is 0.781. The lowest BCUT2D eigenvalue weighted by Gasteiger charge is -2.17. The molecule has 1 aromatic heterocycles. The van der Waals surface area contributed by atoms with Gasteiger partial charge in [0.05, 0.1) is 0 Å². The third kappa shape index (κ3) is 4.64. The van der Waals surface area contributed by atoms with Crippen LogP contribution in [0.1, 0.15) is 29.9 Å². The van der Waals surface area contributed by atoms with Gasteiger partial charge in [-0.3, -0.25) is 0 Å². The van der Waals surface area contributed by atoms with Gasteiger partial charge in [-0.2, -0.15) is 0 Å². The normalized spacial score (nSPS) is 19.1. The molecule has 1 aliphatic rings. The van der Waals surface area contributed by atoms with Crippen molar-refractivity contribution in [3.05, 3.63) is 17.1 Å². The summed E-state index contributed by atoms with van der Waals surface area (Å²) in [5.74, 6) is 2.55. The van der Waals surface area contributed by atoms with Crippen molar-refractivity contribution in [2.45, 2.75) is 33.6 Å². The summed E-state index contributed by atoms with van der Waals surface area (Å²) in [4.78, 5) is 11.5. The highest BCUT2D eigenvalue weighted by atomic mass is 16.5. The van der Waals surface area contributed by atoms with Gasteiger partial charge >= 0.3 is 0 Å². The van der Waals surface area contributed by atoms with Crippen molar-refractivity contribution in [2.75, 3.05) is 45.2 Å². The highest BCUT2D eigenvalue weighted by molar-refractivity contribution is 5.45. The summed E-state index contributed by atoms with van der Waals surface area (Å²) < 4.78 is 5.12. The molecule has 1 aliphatic heterocycles. The summed E-state index contributed by atoms with van der Waals surface area (Å²) >= 11 is 0. The molecule has 0 bridgehead atoms. The van der Waals surface area contributed by atoms with E-state index >= 15 is 0 Å². The highest BCUT2D eigenvalue weighted by Crippen LogP contribution is 2.19. The average Bonchev–Trinajstić information content (AvgIpc) is 2.89. The first kappa shape index (κ1) is 16.2. The number of hydrogen-bond donors (Lipinski definition) is 1. The molecule has 1 atom stereocenters. The molecule has 5 nitrogen and oxygen atoms in total. The second-order valence-corrected chi connectivity index (χ2v) is 6.01. The molecule has 0 spiro atoms. The van der Waals surface area contributed by atoms with E-state index in [0.29, 0.717) is 5.92 Å². The number of likely N-dealkylation sites (tertiary alicyclic amines) is 1. The predicted molar refractivity (Wildman–Crippen MR) is 85.8 cm³/mol. The first-order chi connectivity index (χ1) is 10.1. The number of aryl methyl sites for hydroxylation is 2. The molecule has 0 aromatic carbocycles. The van der Waals surface area contributed by atoms with Crippen molar-refractivity contribution in [1.82, 2.24) is 14.9 Å². The maximum Gasteiger partial charge on any atom is 0.132 e. The molecule has 0 aliphatic carbocycles. The van der Waals surface area contributed by atoms with Gasteiger partial charge in [-0.15, -0.1) is 0 Å². The summed E-state index contributed by atoms with van der Waals surface area (Å²) in [5.41, 5.74) is 2.23. The van der Waals surface area contributed by atoms with Gasteiger partial charge in [0.1, 0.15) is 11.6 Å². The zero-order chi connectivity index (χ0) is 15.2. The minimum Gasteiger partial charge on any atom is -0.385 e. The van der Waals surface area contributed by atoms with Gasteiger partial charge in [0.25, 0.3) is 0 Å². The molecule has 0 amide bonds. The monoisotopic (exact) mass is 292 g/mol. The fourth-order valence-electron chi connectivity index (χ4n) is 2.90. The molecular formula is C16H28N4O. The number of rotatable bonds is 7. The Balaban J connectivity index is 1.79. The standard InChI is InChI=1S/C16H28N4O/c1-12-13(2)18-14(3)19-16(12)17-10-15-6-8-20(11-15)7-5-9-21-4/h15H,5-11H2,1-4H3,(H,17,18,19)/t15-/m1/s1. The van der Waals surface area contributed by atoms with Gasteiger partial charge in [-0.05, 0) is 46.1 Å². The molecule has 0 saturated carbocycles. The smallest absolute Gasteiger partial charge is 0.132 e. The molecule has 1 N–H and O–H groups in total. The Bertz CT molecular complexity index is 464. The number of methoxy groups -OCH3 is 1. The topological polar surface area (TPSA) is 50.3 Å². The Hall–Kier alpha value is -1.20. The highest BCUT2D eigenvalue weighted by Gasteiger charge is 2.22. The van der Waals surface area contributed by atoms with E-state index in [1.54, 1.807) is 7.11 Å². The van der Waals surface area contributed by atoms with Crippen LogP contribution in [0, 0.1) is 26.7 Å². The first-order valence-corrected chi connectivity index (χ1v) is 7.87. The molecule has 118 valence electrons. The van der Waals surface area contributed by atoms with Crippen LogP contribution in [-0.4, -0.2) is 54.8 Å². The fourth-order valence-corrected chi connectivity index (χ4v) is 2.90. The van der Waals surface area contributed by atoms with Crippen LogP contribution in [-0.2, 0) is 4.74 Å². The Labute approximate surface area is 128 Å². The number of hydrogen-bond acceptors (Lipinski definition) is 5. The van der Waals surface area contributed by atoms with Gasteiger partial charge in [0.2, 0.25) is 0 Å². The Kier molecular flexibility index (Phi) is 5.94. The second-order valence-electron chi connectivity index (χ2n) is 6.01. The van der Waals surface area contributed by atoms with Crippen molar-refractivity contribution in [1.29, 1.82) is 0 Å². The summed E-state index contributed by atoms with van der Waals surface area (Å²) in [6, 6.07) is 0. The number of aromatic nitrogens is 2. The van der Waals surface area contributed by atoms with Crippen LogP contribution in [0.3, 0.4) is 0 Å². The number of nitrogens with one attached hydrogen (secondary N) is 1. The SMILES string of the molecule is COCCCN1CC[C@H](CNc2nc(C)nc(C)c2C)C1. The van der Waals surface area contributed by atoms with Crippen molar-refractivity contribution in [3.63, 3.8) is 0 Å². The lowest BCUT2D eigenvalue weighted by atomic mass is 10.1. The van der Waals surface area contributed by atoms with Crippen LogP contribution in [0.15, 0.2) is 0 Å². The van der Waals surface area contributed by atoms with Crippen molar-refractivity contribution >= 4 is 5.82 Å². The maximum atomic E-state index is 5.12. The molecule has 0 radical (unpaired) electrons. The van der Waals surface area contributed by atoms with Gasteiger partial charge in [-0.25, -0.2) is 9.97 Å². The summed E-state index contributed by atoms with van der Waals surface area (Å²) in [7, 11) is 1.77. The Morgan fingerprint density at radius 3 is 2.86 bits per heavy atom. The van der Waals surface area contributed by atoms with Crippen molar-refractivity contribution in [2.24, 2.45) is 5.92 Å². The molecule has 0 unspecified atom stereocenters. The molecule has 1 fully saturated rings. The summed E-state index contributed by atoms with van der Waals surface area (Å²) in [6.07, 6.45) is 2.39. The van der Waals surface area contributed by atoms with Crippen LogP contribution in [0.5, 0.6) is 0 Å². The fraction of sp³-hybridized carbons (Fsp3) is 0.750. The van der Waals surface area contributed by atoms with Crippen molar-refractivity contribution in [3.8, 4) is 0 Å². The van der Waals surface area contributed by atoms with E-state index in [1.807, 2.05) is 13.8 Å². The molecular weight excluding hydrogens is 264 g/mol. The largest absolute Gasteiger partial charge is 0.385 e. The van der Waals surface area contributed by atoms with E-state index in [0.717, 1.165) is 49.0 Å². The molecule has 2 rings (SSSR count). The third-order valence-electron chi connectivity index (χ3n) is 4.25. The second kappa shape index (κ2) is 7.71. The minimum absolute atomic E-state index is 0.711.